The van der Waals surface area contributed by atoms with Gasteiger partial charge < -0.3 is 0 Å². The summed E-state index contributed by atoms with van der Waals surface area (Å²) in [5, 5.41) is 0.650. The second-order valence-electron chi connectivity index (χ2n) is 1.41. The lowest BCUT2D eigenvalue weighted by molar-refractivity contribution is 1.59. The van der Waals surface area contributed by atoms with Crippen molar-refractivity contribution >= 4 is 16.3 Å². The third-order valence-corrected chi connectivity index (χ3v) is 1.55. The van der Waals surface area contributed by atoms with Gasteiger partial charge in [0, 0.05) is 4.88 Å². The van der Waals surface area contributed by atoms with E-state index < -0.39 is 0 Å². The molecular weight excluding hydrogens is 106 g/mol. The average molecular weight is 112 g/mol. The molecule has 0 aromatic carbocycles. The number of hydrogen-bond donors (Lipinski definition) is 0. The molecule has 1 nitrogen and oxygen atoms in total. The Morgan fingerprint density at radius 3 is 2.43 bits per heavy atom. The monoisotopic (exact) mass is 112 g/mol. The van der Waals surface area contributed by atoms with E-state index in [0.717, 1.165) is 0 Å². The molecule has 0 atom stereocenters. The van der Waals surface area contributed by atoms with E-state index in [4.69, 9.17) is 5.73 Å². The van der Waals surface area contributed by atoms with Crippen molar-refractivity contribution in [3.8, 4) is 0 Å². The number of aryl methyl sites for hydroxylation is 1. The topological polar surface area (TPSA) is 23.8 Å². The van der Waals surface area contributed by atoms with Crippen molar-refractivity contribution in [2.75, 3.05) is 0 Å². The zero-order chi connectivity index (χ0) is 5.28. The highest BCUT2D eigenvalue weighted by Gasteiger charge is 1.86. The number of rotatable bonds is 0. The van der Waals surface area contributed by atoms with E-state index >= 15 is 0 Å². The van der Waals surface area contributed by atoms with E-state index in [1.807, 2.05) is 13.0 Å². The normalized spacial score (nSPS) is 9.29. The first kappa shape index (κ1) is 4.65. The van der Waals surface area contributed by atoms with E-state index in [2.05, 4.69) is 0 Å². The van der Waals surface area contributed by atoms with Crippen LogP contribution < -0.4 is 5.73 Å². The molecule has 0 saturated carbocycles. The van der Waals surface area contributed by atoms with Crippen molar-refractivity contribution in [3.05, 3.63) is 17.0 Å². The molecule has 0 fully saturated rings. The Morgan fingerprint density at radius 2 is 2.29 bits per heavy atom. The standard InChI is InChI=1S/C5H6NS/c1-4-2-3-5(6)7-4/h2-3,6H,1H3. The summed E-state index contributed by atoms with van der Waals surface area (Å²) in [6.07, 6.45) is 0. The van der Waals surface area contributed by atoms with Crippen LogP contribution in [0.25, 0.3) is 0 Å². The van der Waals surface area contributed by atoms with Crippen molar-refractivity contribution in [1.29, 1.82) is 0 Å². The molecule has 0 unspecified atom stereocenters. The van der Waals surface area contributed by atoms with E-state index in [-0.39, 0.29) is 0 Å². The summed E-state index contributed by atoms with van der Waals surface area (Å²) < 4.78 is 0. The largest absolute Gasteiger partial charge is 0.290 e. The van der Waals surface area contributed by atoms with E-state index in [1.54, 1.807) is 6.07 Å². The Morgan fingerprint density at radius 1 is 1.57 bits per heavy atom. The summed E-state index contributed by atoms with van der Waals surface area (Å²) in [6, 6.07) is 3.76. The summed E-state index contributed by atoms with van der Waals surface area (Å²) in [6.45, 7) is 2.00. The summed E-state index contributed by atoms with van der Waals surface area (Å²) in [4.78, 5) is 1.21. The molecule has 2 heteroatoms. The fourth-order valence-corrected chi connectivity index (χ4v) is 1.05. The molecule has 37 valence electrons. The Balaban J connectivity index is 3.04. The van der Waals surface area contributed by atoms with Gasteiger partial charge in [0.05, 0.1) is 0 Å². The van der Waals surface area contributed by atoms with Gasteiger partial charge in [0.25, 0.3) is 0 Å². The zero-order valence-electron chi connectivity index (χ0n) is 4.06. The summed E-state index contributed by atoms with van der Waals surface area (Å²) in [5.74, 6) is 0. The molecule has 0 spiro atoms. The molecule has 1 rings (SSSR count). The van der Waals surface area contributed by atoms with Crippen LogP contribution in [0.15, 0.2) is 12.1 Å². The SMILES string of the molecule is Cc1ccc([NH])s1. The molecule has 0 aliphatic carbocycles. The lowest BCUT2D eigenvalue weighted by Gasteiger charge is -1.70. The minimum atomic E-state index is 0.650. The van der Waals surface area contributed by atoms with E-state index in [0.29, 0.717) is 5.00 Å². The van der Waals surface area contributed by atoms with Gasteiger partial charge in [0.1, 0.15) is 5.00 Å². The van der Waals surface area contributed by atoms with Crippen molar-refractivity contribution in [2.45, 2.75) is 6.92 Å². The molecule has 1 aromatic rings. The maximum Gasteiger partial charge on any atom is 0.107 e. The van der Waals surface area contributed by atoms with Gasteiger partial charge in [-0.25, -0.2) is 0 Å². The Kier molecular flexibility index (Phi) is 1.02. The highest BCUT2D eigenvalue weighted by Crippen LogP contribution is 2.17. The second kappa shape index (κ2) is 1.54. The minimum absolute atomic E-state index is 0.650. The quantitative estimate of drug-likeness (QED) is 0.490. The van der Waals surface area contributed by atoms with Gasteiger partial charge >= 0.3 is 0 Å². The molecule has 0 aliphatic rings. The van der Waals surface area contributed by atoms with Gasteiger partial charge in [-0.3, -0.25) is 5.73 Å². The lowest BCUT2D eigenvalue weighted by Crippen LogP contribution is -1.46. The first-order valence-electron chi connectivity index (χ1n) is 2.07. The van der Waals surface area contributed by atoms with Crippen molar-refractivity contribution < 1.29 is 0 Å². The van der Waals surface area contributed by atoms with Gasteiger partial charge in [-0.2, -0.15) is 0 Å². The lowest BCUT2D eigenvalue weighted by atomic mass is 10.5. The minimum Gasteiger partial charge on any atom is -0.290 e. The molecule has 1 radical (unpaired) electrons. The van der Waals surface area contributed by atoms with Crippen LogP contribution in [0.1, 0.15) is 4.88 Å². The average Bonchev–Trinajstić information content (AvgIpc) is 1.87. The van der Waals surface area contributed by atoms with Gasteiger partial charge in [0.2, 0.25) is 0 Å². The number of nitrogens with one attached hydrogen (secondary N) is 1. The summed E-state index contributed by atoms with van der Waals surface area (Å²) in [5.41, 5.74) is 7.03. The second-order valence-corrected chi connectivity index (χ2v) is 2.70. The van der Waals surface area contributed by atoms with Crippen molar-refractivity contribution in [3.63, 3.8) is 0 Å². The highest BCUT2D eigenvalue weighted by atomic mass is 32.1. The fraction of sp³-hybridized carbons (Fsp3) is 0.200. The Bertz CT molecular complexity index is 140. The number of thiophene rings is 1. The van der Waals surface area contributed by atoms with Gasteiger partial charge in [-0.05, 0) is 19.1 Å². The third kappa shape index (κ3) is 0.933. The van der Waals surface area contributed by atoms with E-state index in [1.165, 1.54) is 16.2 Å². The van der Waals surface area contributed by atoms with Crippen LogP contribution in [0.5, 0.6) is 0 Å². The number of hydrogen-bond acceptors (Lipinski definition) is 1. The molecule has 0 amide bonds. The molecule has 1 aromatic heterocycles. The first-order valence-corrected chi connectivity index (χ1v) is 2.89. The third-order valence-electron chi connectivity index (χ3n) is 0.740. The Labute approximate surface area is 46.8 Å². The van der Waals surface area contributed by atoms with Gasteiger partial charge in [0.15, 0.2) is 0 Å². The molecule has 1 N–H and O–H groups in total. The van der Waals surface area contributed by atoms with Gasteiger partial charge in [-0.1, -0.05) is 0 Å². The molecule has 0 saturated heterocycles. The summed E-state index contributed by atoms with van der Waals surface area (Å²) >= 11 is 1.51. The van der Waals surface area contributed by atoms with Crippen LogP contribution in [0.3, 0.4) is 0 Å². The Hall–Kier alpha value is -0.500. The molecule has 1 heterocycles. The maximum atomic E-state index is 7.03. The molecule has 0 bridgehead atoms. The fourth-order valence-electron chi connectivity index (χ4n) is 0.435. The molecular formula is C5H6NS. The predicted molar refractivity (Wildman–Crippen MR) is 31.8 cm³/mol. The van der Waals surface area contributed by atoms with Crippen LogP contribution in [0, 0.1) is 6.92 Å². The van der Waals surface area contributed by atoms with Crippen LogP contribution >= 0.6 is 11.3 Å². The van der Waals surface area contributed by atoms with Crippen LogP contribution in [0.4, 0.5) is 5.00 Å². The zero-order valence-corrected chi connectivity index (χ0v) is 4.88. The molecule has 0 aliphatic heterocycles. The van der Waals surface area contributed by atoms with Gasteiger partial charge in [-0.15, -0.1) is 11.3 Å². The first-order chi connectivity index (χ1) is 3.29. The highest BCUT2D eigenvalue weighted by molar-refractivity contribution is 7.15. The van der Waals surface area contributed by atoms with E-state index in [9.17, 15) is 0 Å². The maximum absolute atomic E-state index is 7.03. The molecule has 7 heavy (non-hydrogen) atoms. The smallest absolute Gasteiger partial charge is 0.107 e. The van der Waals surface area contributed by atoms with Crippen molar-refractivity contribution in [2.24, 2.45) is 0 Å². The van der Waals surface area contributed by atoms with Crippen LogP contribution in [-0.2, 0) is 0 Å². The van der Waals surface area contributed by atoms with Crippen LogP contribution in [-0.4, -0.2) is 0 Å². The van der Waals surface area contributed by atoms with Crippen molar-refractivity contribution in [1.82, 2.24) is 5.73 Å². The van der Waals surface area contributed by atoms with Crippen LogP contribution in [0.2, 0.25) is 0 Å². The predicted octanol–water partition coefficient (Wildman–Crippen LogP) is 1.97. The summed E-state index contributed by atoms with van der Waals surface area (Å²) in [7, 11) is 0.